The van der Waals surface area contributed by atoms with E-state index in [4.69, 9.17) is 11.5 Å². The van der Waals surface area contributed by atoms with E-state index in [9.17, 15) is 4.79 Å². The lowest BCUT2D eigenvalue weighted by Gasteiger charge is -2.15. The molecule has 0 aliphatic heterocycles. The third-order valence-electron chi connectivity index (χ3n) is 3.11. The number of benzene rings is 1. The van der Waals surface area contributed by atoms with E-state index in [1.807, 2.05) is 31.2 Å². The maximum absolute atomic E-state index is 11.5. The molecule has 1 amide bonds. The number of primary amides is 1. The maximum Gasteiger partial charge on any atom is 0.252 e. The summed E-state index contributed by atoms with van der Waals surface area (Å²) in [6.45, 7) is 2.61. The largest absolute Gasteiger partial charge is 0.382 e. The highest BCUT2D eigenvalue weighted by Gasteiger charge is 2.13. The van der Waals surface area contributed by atoms with Gasteiger partial charge in [-0.05, 0) is 12.5 Å². The summed E-state index contributed by atoms with van der Waals surface area (Å²) in [5.41, 5.74) is 13.2. The first kappa shape index (κ1) is 13.3. The first-order valence-corrected chi connectivity index (χ1v) is 6.30. The molecule has 100 valence electrons. The van der Waals surface area contributed by atoms with Crippen molar-refractivity contribution in [1.29, 1.82) is 0 Å². The molecule has 5 heteroatoms. The molecule has 0 fully saturated rings. The SMILES string of the molecule is CCC(N)CNc1c(C(N)=O)cnc2ccccc12. The summed E-state index contributed by atoms with van der Waals surface area (Å²) in [6, 6.07) is 7.65. The molecule has 1 aromatic heterocycles. The average molecular weight is 258 g/mol. The van der Waals surface area contributed by atoms with Crippen molar-refractivity contribution in [3.05, 3.63) is 36.0 Å². The van der Waals surface area contributed by atoms with E-state index in [2.05, 4.69) is 10.3 Å². The van der Waals surface area contributed by atoms with Crippen molar-refractivity contribution < 1.29 is 4.79 Å². The molecule has 0 radical (unpaired) electrons. The molecule has 0 aliphatic rings. The van der Waals surface area contributed by atoms with Crippen LogP contribution in [0.2, 0.25) is 0 Å². The van der Waals surface area contributed by atoms with E-state index >= 15 is 0 Å². The first-order chi connectivity index (χ1) is 9.13. The minimum absolute atomic E-state index is 0.0349. The van der Waals surface area contributed by atoms with Gasteiger partial charge in [-0.1, -0.05) is 25.1 Å². The van der Waals surface area contributed by atoms with E-state index in [0.29, 0.717) is 17.8 Å². The Hall–Kier alpha value is -2.14. The Labute approximate surface area is 112 Å². The Morgan fingerprint density at radius 1 is 1.42 bits per heavy atom. The molecule has 0 aliphatic carbocycles. The second kappa shape index (κ2) is 5.67. The number of para-hydroxylation sites is 1. The summed E-state index contributed by atoms with van der Waals surface area (Å²) in [7, 11) is 0. The number of rotatable bonds is 5. The number of pyridine rings is 1. The summed E-state index contributed by atoms with van der Waals surface area (Å²) in [4.78, 5) is 15.7. The Kier molecular flexibility index (Phi) is 3.97. The highest BCUT2D eigenvalue weighted by atomic mass is 16.1. The standard InChI is InChI=1S/C14H18N4O/c1-2-9(15)7-18-13-10-5-3-4-6-12(10)17-8-11(13)14(16)19/h3-6,8-9H,2,7,15H2,1H3,(H2,16,19)(H,17,18). The van der Waals surface area contributed by atoms with Crippen LogP contribution in [0.3, 0.4) is 0 Å². The van der Waals surface area contributed by atoms with Gasteiger partial charge in [-0.25, -0.2) is 0 Å². The molecule has 5 nitrogen and oxygen atoms in total. The average Bonchev–Trinajstić information content (AvgIpc) is 2.43. The van der Waals surface area contributed by atoms with Gasteiger partial charge >= 0.3 is 0 Å². The number of fused-ring (bicyclic) bond motifs is 1. The molecule has 1 unspecified atom stereocenters. The summed E-state index contributed by atoms with van der Waals surface area (Å²) in [5, 5.41) is 4.10. The molecule has 19 heavy (non-hydrogen) atoms. The zero-order chi connectivity index (χ0) is 13.8. The molecule has 1 heterocycles. The molecule has 0 spiro atoms. The third kappa shape index (κ3) is 2.82. The molecule has 1 atom stereocenters. The van der Waals surface area contributed by atoms with Gasteiger partial charge in [0.25, 0.3) is 5.91 Å². The van der Waals surface area contributed by atoms with E-state index in [-0.39, 0.29) is 6.04 Å². The number of hydrogen-bond donors (Lipinski definition) is 3. The molecular formula is C14H18N4O. The van der Waals surface area contributed by atoms with Crippen LogP contribution in [-0.4, -0.2) is 23.5 Å². The number of carbonyl (C=O) groups excluding carboxylic acids is 1. The van der Waals surface area contributed by atoms with E-state index < -0.39 is 5.91 Å². The number of nitrogens with zero attached hydrogens (tertiary/aromatic N) is 1. The second-order valence-corrected chi connectivity index (χ2v) is 4.48. The number of nitrogens with two attached hydrogens (primary N) is 2. The van der Waals surface area contributed by atoms with Crippen molar-refractivity contribution in [3.8, 4) is 0 Å². The quantitative estimate of drug-likeness (QED) is 0.757. The minimum atomic E-state index is -0.495. The molecule has 0 saturated heterocycles. The molecule has 1 aromatic carbocycles. The molecule has 2 aromatic rings. The van der Waals surface area contributed by atoms with Crippen LogP contribution in [0.25, 0.3) is 10.9 Å². The van der Waals surface area contributed by atoms with Gasteiger partial charge in [-0.3, -0.25) is 9.78 Å². The van der Waals surface area contributed by atoms with Gasteiger partial charge < -0.3 is 16.8 Å². The lowest BCUT2D eigenvalue weighted by molar-refractivity contribution is 0.100. The zero-order valence-corrected chi connectivity index (χ0v) is 10.9. The first-order valence-electron chi connectivity index (χ1n) is 6.30. The van der Waals surface area contributed by atoms with Gasteiger partial charge in [-0.15, -0.1) is 0 Å². The molecule has 2 rings (SSSR count). The van der Waals surface area contributed by atoms with Gasteiger partial charge in [0.05, 0.1) is 16.8 Å². The van der Waals surface area contributed by atoms with Crippen LogP contribution in [0.15, 0.2) is 30.5 Å². The van der Waals surface area contributed by atoms with Gasteiger partial charge in [-0.2, -0.15) is 0 Å². The van der Waals surface area contributed by atoms with Crippen molar-refractivity contribution in [2.45, 2.75) is 19.4 Å². The van der Waals surface area contributed by atoms with Crippen LogP contribution >= 0.6 is 0 Å². The maximum atomic E-state index is 11.5. The zero-order valence-electron chi connectivity index (χ0n) is 10.9. The van der Waals surface area contributed by atoms with E-state index in [0.717, 1.165) is 17.3 Å². The van der Waals surface area contributed by atoms with Crippen LogP contribution < -0.4 is 16.8 Å². The summed E-state index contributed by atoms with van der Waals surface area (Å²) in [6.07, 6.45) is 2.37. The number of anilines is 1. The minimum Gasteiger partial charge on any atom is -0.382 e. The number of aromatic nitrogens is 1. The predicted molar refractivity (Wildman–Crippen MR) is 77.0 cm³/mol. The lowest BCUT2D eigenvalue weighted by Crippen LogP contribution is -2.29. The molecular weight excluding hydrogens is 240 g/mol. The van der Waals surface area contributed by atoms with Crippen LogP contribution in [-0.2, 0) is 0 Å². The van der Waals surface area contributed by atoms with Gasteiger partial charge in [0.1, 0.15) is 0 Å². The van der Waals surface area contributed by atoms with Crippen LogP contribution in [0.5, 0.6) is 0 Å². The normalized spacial score (nSPS) is 12.3. The topological polar surface area (TPSA) is 94.0 Å². The highest BCUT2D eigenvalue weighted by Crippen LogP contribution is 2.25. The van der Waals surface area contributed by atoms with Crippen LogP contribution in [0.4, 0.5) is 5.69 Å². The van der Waals surface area contributed by atoms with Gasteiger partial charge in [0.15, 0.2) is 0 Å². The predicted octanol–water partition coefficient (Wildman–Crippen LogP) is 1.48. The smallest absolute Gasteiger partial charge is 0.252 e. The Bertz CT molecular complexity index is 597. The Balaban J connectivity index is 2.46. The van der Waals surface area contributed by atoms with Crippen molar-refractivity contribution >= 4 is 22.5 Å². The lowest BCUT2D eigenvalue weighted by atomic mass is 10.1. The second-order valence-electron chi connectivity index (χ2n) is 4.48. The number of nitrogens with one attached hydrogen (secondary N) is 1. The summed E-state index contributed by atoms with van der Waals surface area (Å²) in [5.74, 6) is -0.495. The van der Waals surface area contributed by atoms with Crippen LogP contribution in [0.1, 0.15) is 23.7 Å². The Morgan fingerprint density at radius 2 is 2.16 bits per heavy atom. The fourth-order valence-electron chi connectivity index (χ4n) is 1.90. The fraction of sp³-hybridized carbons (Fsp3) is 0.286. The van der Waals surface area contributed by atoms with Crippen LogP contribution in [0, 0.1) is 0 Å². The van der Waals surface area contributed by atoms with Crippen molar-refractivity contribution in [3.63, 3.8) is 0 Å². The van der Waals surface area contributed by atoms with Gasteiger partial charge in [0, 0.05) is 24.2 Å². The summed E-state index contributed by atoms with van der Waals surface area (Å²) < 4.78 is 0. The summed E-state index contributed by atoms with van der Waals surface area (Å²) >= 11 is 0. The number of carbonyl (C=O) groups is 1. The van der Waals surface area contributed by atoms with Crippen molar-refractivity contribution in [1.82, 2.24) is 4.98 Å². The highest BCUT2D eigenvalue weighted by molar-refractivity contribution is 6.06. The number of amides is 1. The van der Waals surface area contributed by atoms with Crippen molar-refractivity contribution in [2.75, 3.05) is 11.9 Å². The Morgan fingerprint density at radius 3 is 2.84 bits per heavy atom. The third-order valence-corrected chi connectivity index (χ3v) is 3.11. The molecule has 0 saturated carbocycles. The monoisotopic (exact) mass is 258 g/mol. The van der Waals surface area contributed by atoms with E-state index in [1.54, 1.807) is 0 Å². The number of hydrogen-bond acceptors (Lipinski definition) is 4. The van der Waals surface area contributed by atoms with Gasteiger partial charge in [0.2, 0.25) is 0 Å². The van der Waals surface area contributed by atoms with Crippen molar-refractivity contribution in [2.24, 2.45) is 11.5 Å². The van der Waals surface area contributed by atoms with E-state index in [1.165, 1.54) is 6.20 Å². The fourth-order valence-corrected chi connectivity index (χ4v) is 1.90. The molecule has 5 N–H and O–H groups in total. The molecule has 0 bridgehead atoms.